The van der Waals surface area contributed by atoms with E-state index >= 15 is 0 Å². The van der Waals surface area contributed by atoms with Crippen LogP contribution >= 0.6 is 0 Å². The average Bonchev–Trinajstić information content (AvgIpc) is 2.61. The summed E-state index contributed by atoms with van der Waals surface area (Å²) in [7, 11) is -2.23. The minimum atomic E-state index is -2.23. The van der Waals surface area contributed by atoms with Gasteiger partial charge >= 0.3 is 12.1 Å². The summed E-state index contributed by atoms with van der Waals surface area (Å²) in [4.78, 5) is 24.1. The summed E-state index contributed by atoms with van der Waals surface area (Å²) in [5, 5.41) is 2.80. The first-order valence-electron chi connectivity index (χ1n) is 9.86. The van der Waals surface area contributed by atoms with Gasteiger partial charge in [0.1, 0.15) is 6.61 Å². The molecule has 0 aliphatic heterocycles. The molecule has 0 aliphatic carbocycles. The Labute approximate surface area is 165 Å². The SMILES string of the molecule is CC(C)[Si](OC(=O)NCCCC(=O)OCc1ccccc1)(C(C)C)C(C)C. The molecule has 0 bridgehead atoms. The van der Waals surface area contributed by atoms with E-state index in [2.05, 4.69) is 46.9 Å². The molecule has 0 aliphatic rings. The lowest BCUT2D eigenvalue weighted by Gasteiger charge is -2.41. The van der Waals surface area contributed by atoms with Gasteiger partial charge in [0.25, 0.3) is 8.32 Å². The summed E-state index contributed by atoms with van der Waals surface area (Å²) in [6.07, 6.45) is 0.437. The topological polar surface area (TPSA) is 64.6 Å². The third kappa shape index (κ3) is 7.01. The van der Waals surface area contributed by atoms with Crippen molar-refractivity contribution >= 4 is 20.4 Å². The Morgan fingerprint density at radius 3 is 2.04 bits per heavy atom. The van der Waals surface area contributed by atoms with Crippen molar-refractivity contribution in [3.63, 3.8) is 0 Å². The number of carbonyl (C=O) groups excluding carboxylic acids is 2. The number of hydrogen-bond donors (Lipinski definition) is 1. The monoisotopic (exact) mass is 393 g/mol. The molecule has 1 aromatic carbocycles. The molecule has 0 unspecified atom stereocenters. The lowest BCUT2D eigenvalue weighted by atomic mass is 10.2. The quantitative estimate of drug-likeness (QED) is 0.328. The Balaban J connectivity index is 2.36. The molecule has 0 radical (unpaired) electrons. The van der Waals surface area contributed by atoms with Gasteiger partial charge in [0.15, 0.2) is 0 Å². The van der Waals surface area contributed by atoms with Crippen LogP contribution in [0.25, 0.3) is 0 Å². The predicted octanol–water partition coefficient (Wildman–Crippen LogP) is 5.41. The minimum absolute atomic E-state index is 0.260. The molecule has 0 fully saturated rings. The highest BCUT2D eigenvalue weighted by molar-refractivity contribution is 6.78. The highest BCUT2D eigenvalue weighted by Crippen LogP contribution is 2.42. The van der Waals surface area contributed by atoms with E-state index < -0.39 is 8.32 Å². The normalized spacial score (nSPS) is 11.7. The Hall–Kier alpha value is -1.82. The number of rotatable bonds is 10. The van der Waals surface area contributed by atoms with Crippen molar-refractivity contribution < 1.29 is 18.8 Å². The van der Waals surface area contributed by atoms with Gasteiger partial charge in [-0.25, -0.2) is 4.79 Å². The van der Waals surface area contributed by atoms with Crippen LogP contribution in [0.4, 0.5) is 4.79 Å². The van der Waals surface area contributed by atoms with Crippen LogP contribution < -0.4 is 5.32 Å². The maximum absolute atomic E-state index is 12.3. The number of carbonyl (C=O) groups is 2. The number of ether oxygens (including phenoxy) is 1. The number of nitrogens with one attached hydrogen (secondary N) is 1. The van der Waals surface area contributed by atoms with Gasteiger partial charge in [-0.05, 0) is 28.6 Å². The second-order valence-electron chi connectivity index (χ2n) is 7.88. The zero-order valence-corrected chi connectivity index (χ0v) is 18.6. The summed E-state index contributed by atoms with van der Waals surface area (Å²) in [5.74, 6) is -0.260. The Kier molecular flexibility index (Phi) is 9.56. The number of benzene rings is 1. The second kappa shape index (κ2) is 11.1. The molecule has 27 heavy (non-hydrogen) atoms. The largest absolute Gasteiger partial charge is 0.503 e. The van der Waals surface area contributed by atoms with E-state index in [0.29, 0.717) is 29.6 Å². The molecule has 0 aromatic heterocycles. The van der Waals surface area contributed by atoms with Gasteiger partial charge in [-0.2, -0.15) is 0 Å². The number of esters is 1. The lowest BCUT2D eigenvalue weighted by molar-refractivity contribution is -0.145. The van der Waals surface area contributed by atoms with Gasteiger partial charge < -0.3 is 14.5 Å². The molecule has 1 aromatic rings. The molecular formula is C21H35NO4Si. The standard InChI is InChI=1S/C21H35NO4Si/c1-16(2)27(17(3)4,18(5)6)26-21(24)22-14-10-13-20(23)25-15-19-11-8-7-9-12-19/h7-9,11-12,16-18H,10,13-15H2,1-6H3,(H,22,24). The van der Waals surface area contributed by atoms with Crippen LogP contribution in [0.1, 0.15) is 59.9 Å². The molecule has 1 amide bonds. The smallest absolute Gasteiger partial charge is 0.393 e. The Bertz CT molecular complexity index is 565. The van der Waals surface area contributed by atoms with Gasteiger partial charge in [0.2, 0.25) is 0 Å². The minimum Gasteiger partial charge on any atom is -0.503 e. The average molecular weight is 394 g/mol. The summed E-state index contributed by atoms with van der Waals surface area (Å²) in [6.45, 7) is 13.5. The molecule has 5 nitrogen and oxygen atoms in total. The van der Waals surface area contributed by atoms with Crippen LogP contribution in [0.2, 0.25) is 16.6 Å². The fourth-order valence-corrected chi connectivity index (χ4v) is 8.88. The fourth-order valence-electron chi connectivity index (χ4n) is 3.78. The van der Waals surface area contributed by atoms with Crippen molar-refractivity contribution in [1.29, 1.82) is 0 Å². The van der Waals surface area contributed by atoms with Gasteiger partial charge in [0.05, 0.1) is 0 Å². The maximum Gasteiger partial charge on any atom is 0.393 e. The first kappa shape index (κ1) is 23.2. The van der Waals surface area contributed by atoms with Gasteiger partial charge in [-0.3, -0.25) is 4.79 Å². The molecule has 0 heterocycles. The van der Waals surface area contributed by atoms with Crippen LogP contribution in [0.3, 0.4) is 0 Å². The van der Waals surface area contributed by atoms with Crippen molar-refractivity contribution in [1.82, 2.24) is 5.32 Å². The summed E-state index contributed by atoms with van der Waals surface area (Å²) < 4.78 is 11.2. The molecule has 0 spiro atoms. The van der Waals surface area contributed by atoms with Crippen LogP contribution in [-0.2, 0) is 20.6 Å². The van der Waals surface area contributed by atoms with E-state index in [1.54, 1.807) is 0 Å². The van der Waals surface area contributed by atoms with E-state index in [1.165, 1.54) is 0 Å². The van der Waals surface area contributed by atoms with Crippen molar-refractivity contribution in [3.05, 3.63) is 35.9 Å². The third-order valence-electron chi connectivity index (χ3n) is 5.05. The first-order valence-corrected chi connectivity index (χ1v) is 12.0. The maximum atomic E-state index is 12.3. The third-order valence-corrected chi connectivity index (χ3v) is 11.0. The van der Waals surface area contributed by atoms with Crippen molar-refractivity contribution in [2.45, 2.75) is 77.6 Å². The summed E-state index contributed by atoms with van der Waals surface area (Å²) in [5.41, 5.74) is 1.99. The first-order chi connectivity index (χ1) is 12.7. The highest BCUT2D eigenvalue weighted by atomic mass is 28.4. The van der Waals surface area contributed by atoms with Gasteiger partial charge in [0, 0.05) is 13.0 Å². The van der Waals surface area contributed by atoms with E-state index in [4.69, 9.17) is 9.16 Å². The molecule has 1 N–H and O–H groups in total. The van der Waals surface area contributed by atoms with Crippen LogP contribution in [0.5, 0.6) is 0 Å². The van der Waals surface area contributed by atoms with E-state index in [1.807, 2.05) is 30.3 Å². The van der Waals surface area contributed by atoms with Crippen molar-refractivity contribution in [2.24, 2.45) is 0 Å². The molecule has 0 saturated carbocycles. The van der Waals surface area contributed by atoms with Crippen LogP contribution in [0, 0.1) is 0 Å². The molecule has 0 saturated heterocycles. The number of amides is 1. The molecule has 0 atom stereocenters. The molecule has 1 rings (SSSR count). The van der Waals surface area contributed by atoms with E-state index in [0.717, 1.165) is 5.56 Å². The molecular weight excluding hydrogens is 358 g/mol. The van der Waals surface area contributed by atoms with Gasteiger partial charge in [-0.1, -0.05) is 71.9 Å². The predicted molar refractivity (Wildman–Crippen MR) is 111 cm³/mol. The zero-order valence-electron chi connectivity index (χ0n) is 17.6. The fraction of sp³-hybridized carbons (Fsp3) is 0.619. The summed E-state index contributed by atoms with van der Waals surface area (Å²) >= 11 is 0. The van der Waals surface area contributed by atoms with Crippen molar-refractivity contribution in [3.8, 4) is 0 Å². The molecule has 6 heteroatoms. The lowest BCUT2D eigenvalue weighted by Crippen LogP contribution is -2.51. The molecule has 152 valence electrons. The van der Waals surface area contributed by atoms with Crippen LogP contribution in [-0.4, -0.2) is 26.9 Å². The number of hydrogen-bond acceptors (Lipinski definition) is 4. The zero-order chi connectivity index (χ0) is 20.4. The van der Waals surface area contributed by atoms with Gasteiger partial charge in [-0.15, -0.1) is 0 Å². The van der Waals surface area contributed by atoms with Crippen LogP contribution in [0.15, 0.2) is 30.3 Å². The second-order valence-corrected chi connectivity index (χ2v) is 13.3. The highest BCUT2D eigenvalue weighted by Gasteiger charge is 2.48. The van der Waals surface area contributed by atoms with Crippen molar-refractivity contribution in [2.75, 3.05) is 6.54 Å². The van der Waals surface area contributed by atoms with E-state index in [-0.39, 0.29) is 25.1 Å². The Morgan fingerprint density at radius 1 is 0.963 bits per heavy atom. The summed E-state index contributed by atoms with van der Waals surface area (Å²) in [6, 6.07) is 9.57. The Morgan fingerprint density at radius 2 is 1.52 bits per heavy atom. The van der Waals surface area contributed by atoms with E-state index in [9.17, 15) is 9.59 Å².